The fourth-order valence-electron chi connectivity index (χ4n) is 1.69. The number of carbonyl (C=O) groups excluding carboxylic acids is 1. The van der Waals surface area contributed by atoms with Crippen LogP contribution in [0.2, 0.25) is 0 Å². The molecule has 2 aromatic rings. The molecule has 0 unspecified atom stereocenters. The van der Waals surface area contributed by atoms with Crippen LogP contribution in [0.25, 0.3) is 0 Å². The molecule has 0 bridgehead atoms. The highest BCUT2D eigenvalue weighted by atomic mass is 32.2. The Labute approximate surface area is 121 Å². The van der Waals surface area contributed by atoms with Crippen molar-refractivity contribution in [3.63, 3.8) is 0 Å². The average Bonchev–Trinajstić information content (AvgIpc) is 2.48. The molecule has 0 saturated heterocycles. The Bertz CT molecular complexity index is 614. The summed E-state index contributed by atoms with van der Waals surface area (Å²) in [5.41, 5.74) is 0.918. The molecule has 0 aromatic heterocycles. The van der Waals surface area contributed by atoms with E-state index in [2.05, 4.69) is 5.32 Å². The standard InChI is InChI=1S/C15H14FNO2S/c1-19-14-8-3-10(9-13(14)16)15(18)17-11-4-6-12(20-2)7-5-11/h3-9H,1-2H3,(H,17,18). The number of ether oxygens (including phenoxy) is 1. The number of amides is 1. The number of rotatable bonds is 4. The first kappa shape index (κ1) is 14.4. The molecule has 5 heteroatoms. The van der Waals surface area contributed by atoms with E-state index in [-0.39, 0.29) is 17.2 Å². The minimum atomic E-state index is -0.558. The number of hydrogen-bond acceptors (Lipinski definition) is 3. The summed E-state index contributed by atoms with van der Waals surface area (Å²) in [6, 6.07) is 11.6. The van der Waals surface area contributed by atoms with Crippen LogP contribution < -0.4 is 10.1 Å². The molecule has 3 nitrogen and oxygen atoms in total. The molecule has 20 heavy (non-hydrogen) atoms. The lowest BCUT2D eigenvalue weighted by molar-refractivity contribution is 0.102. The summed E-state index contributed by atoms with van der Waals surface area (Å²) in [4.78, 5) is 13.1. The Balaban J connectivity index is 2.12. The van der Waals surface area contributed by atoms with Crippen LogP contribution in [0.4, 0.5) is 10.1 Å². The highest BCUT2D eigenvalue weighted by Crippen LogP contribution is 2.20. The molecule has 0 spiro atoms. The molecule has 0 radical (unpaired) electrons. The molecule has 0 aliphatic heterocycles. The van der Waals surface area contributed by atoms with E-state index in [1.807, 2.05) is 30.5 Å². The van der Waals surface area contributed by atoms with E-state index in [1.54, 1.807) is 11.8 Å². The second-order valence-corrected chi connectivity index (χ2v) is 4.91. The molecular weight excluding hydrogens is 277 g/mol. The summed E-state index contributed by atoms with van der Waals surface area (Å²) in [5, 5.41) is 2.72. The third-order valence-corrected chi connectivity index (χ3v) is 3.51. The van der Waals surface area contributed by atoms with E-state index >= 15 is 0 Å². The number of thioether (sulfide) groups is 1. The molecule has 2 rings (SSSR count). The Kier molecular flexibility index (Phi) is 4.63. The van der Waals surface area contributed by atoms with Gasteiger partial charge in [-0.25, -0.2) is 4.39 Å². The third kappa shape index (κ3) is 3.30. The topological polar surface area (TPSA) is 38.3 Å². The molecule has 0 fully saturated rings. The van der Waals surface area contributed by atoms with Crippen molar-refractivity contribution in [1.29, 1.82) is 0 Å². The number of halogens is 1. The van der Waals surface area contributed by atoms with Gasteiger partial charge in [-0.2, -0.15) is 0 Å². The fraction of sp³-hybridized carbons (Fsp3) is 0.133. The van der Waals surface area contributed by atoms with Gasteiger partial charge in [0.25, 0.3) is 5.91 Å². The van der Waals surface area contributed by atoms with Crippen LogP contribution in [0.3, 0.4) is 0 Å². The van der Waals surface area contributed by atoms with Gasteiger partial charge < -0.3 is 10.1 Å². The minimum absolute atomic E-state index is 0.117. The number of nitrogens with one attached hydrogen (secondary N) is 1. The molecular formula is C15H14FNO2S. The van der Waals surface area contributed by atoms with Gasteiger partial charge in [0.15, 0.2) is 11.6 Å². The van der Waals surface area contributed by atoms with Gasteiger partial charge in [-0.1, -0.05) is 0 Å². The second-order valence-electron chi connectivity index (χ2n) is 4.03. The predicted octanol–water partition coefficient (Wildman–Crippen LogP) is 3.81. The molecule has 0 saturated carbocycles. The summed E-state index contributed by atoms with van der Waals surface area (Å²) in [6.45, 7) is 0. The number of carbonyl (C=O) groups is 1. The van der Waals surface area contributed by atoms with Crippen molar-refractivity contribution in [2.75, 3.05) is 18.7 Å². The van der Waals surface area contributed by atoms with Crippen LogP contribution in [0.5, 0.6) is 5.75 Å². The lowest BCUT2D eigenvalue weighted by Crippen LogP contribution is -2.12. The first-order valence-corrected chi connectivity index (χ1v) is 7.15. The zero-order chi connectivity index (χ0) is 14.5. The van der Waals surface area contributed by atoms with Crippen molar-refractivity contribution < 1.29 is 13.9 Å². The maximum absolute atomic E-state index is 13.5. The van der Waals surface area contributed by atoms with Gasteiger partial charge in [0.2, 0.25) is 0 Å². The van der Waals surface area contributed by atoms with E-state index in [1.165, 1.54) is 19.2 Å². The van der Waals surface area contributed by atoms with Crippen molar-refractivity contribution in [2.45, 2.75) is 4.90 Å². The lowest BCUT2D eigenvalue weighted by atomic mass is 10.2. The van der Waals surface area contributed by atoms with Gasteiger partial charge in [-0.05, 0) is 48.7 Å². The zero-order valence-corrected chi connectivity index (χ0v) is 12.0. The Hall–Kier alpha value is -2.01. The number of anilines is 1. The summed E-state index contributed by atoms with van der Waals surface area (Å²) in [6.07, 6.45) is 1.98. The van der Waals surface area contributed by atoms with Crippen LogP contribution in [-0.4, -0.2) is 19.3 Å². The van der Waals surface area contributed by atoms with Crippen molar-refractivity contribution in [3.05, 3.63) is 53.8 Å². The molecule has 0 atom stereocenters. The smallest absolute Gasteiger partial charge is 0.255 e. The van der Waals surface area contributed by atoms with Crippen molar-refractivity contribution in [2.24, 2.45) is 0 Å². The Morgan fingerprint density at radius 1 is 1.20 bits per heavy atom. The normalized spacial score (nSPS) is 10.2. The van der Waals surface area contributed by atoms with E-state index in [4.69, 9.17) is 4.74 Å². The fourth-order valence-corrected chi connectivity index (χ4v) is 2.09. The number of hydrogen-bond donors (Lipinski definition) is 1. The predicted molar refractivity (Wildman–Crippen MR) is 79.1 cm³/mol. The minimum Gasteiger partial charge on any atom is -0.494 e. The molecule has 1 amide bonds. The van der Waals surface area contributed by atoms with E-state index in [9.17, 15) is 9.18 Å². The molecule has 104 valence electrons. The maximum Gasteiger partial charge on any atom is 0.255 e. The molecule has 1 N–H and O–H groups in total. The number of methoxy groups -OCH3 is 1. The summed E-state index contributed by atoms with van der Waals surface area (Å²) in [5.74, 6) is -0.799. The quantitative estimate of drug-likeness (QED) is 0.871. The van der Waals surface area contributed by atoms with Crippen molar-refractivity contribution in [1.82, 2.24) is 0 Å². The van der Waals surface area contributed by atoms with Gasteiger partial charge in [0.1, 0.15) is 0 Å². The summed E-state index contributed by atoms with van der Waals surface area (Å²) >= 11 is 1.62. The summed E-state index contributed by atoms with van der Waals surface area (Å²) < 4.78 is 18.4. The van der Waals surface area contributed by atoms with E-state index < -0.39 is 5.82 Å². The highest BCUT2D eigenvalue weighted by molar-refractivity contribution is 7.98. The monoisotopic (exact) mass is 291 g/mol. The highest BCUT2D eigenvalue weighted by Gasteiger charge is 2.10. The van der Waals surface area contributed by atoms with Gasteiger partial charge >= 0.3 is 0 Å². The van der Waals surface area contributed by atoms with Gasteiger partial charge in [0, 0.05) is 16.1 Å². The first-order chi connectivity index (χ1) is 9.63. The molecule has 2 aromatic carbocycles. The first-order valence-electron chi connectivity index (χ1n) is 5.93. The van der Waals surface area contributed by atoms with Crippen LogP contribution in [-0.2, 0) is 0 Å². The van der Waals surface area contributed by atoms with Crippen LogP contribution in [0.15, 0.2) is 47.4 Å². The molecule has 0 aliphatic carbocycles. The Morgan fingerprint density at radius 3 is 2.45 bits per heavy atom. The second kappa shape index (κ2) is 6.43. The summed E-state index contributed by atoms with van der Waals surface area (Å²) in [7, 11) is 1.38. The molecule has 0 heterocycles. The third-order valence-electron chi connectivity index (χ3n) is 2.76. The SMILES string of the molecule is COc1ccc(C(=O)Nc2ccc(SC)cc2)cc1F. The van der Waals surface area contributed by atoms with Crippen molar-refractivity contribution in [3.8, 4) is 5.75 Å². The zero-order valence-electron chi connectivity index (χ0n) is 11.1. The largest absolute Gasteiger partial charge is 0.494 e. The van der Waals surface area contributed by atoms with Crippen LogP contribution >= 0.6 is 11.8 Å². The Morgan fingerprint density at radius 2 is 1.90 bits per heavy atom. The van der Waals surface area contributed by atoms with Crippen LogP contribution in [0.1, 0.15) is 10.4 Å². The maximum atomic E-state index is 13.5. The van der Waals surface area contributed by atoms with Crippen LogP contribution in [0, 0.1) is 5.82 Å². The van der Waals surface area contributed by atoms with E-state index in [0.29, 0.717) is 5.69 Å². The number of benzene rings is 2. The average molecular weight is 291 g/mol. The lowest BCUT2D eigenvalue weighted by Gasteiger charge is -2.07. The van der Waals surface area contributed by atoms with E-state index in [0.717, 1.165) is 11.0 Å². The van der Waals surface area contributed by atoms with Crippen molar-refractivity contribution >= 4 is 23.4 Å². The van der Waals surface area contributed by atoms with Gasteiger partial charge in [0.05, 0.1) is 7.11 Å². The molecule has 0 aliphatic rings. The van der Waals surface area contributed by atoms with Gasteiger partial charge in [-0.15, -0.1) is 11.8 Å². The van der Waals surface area contributed by atoms with Gasteiger partial charge in [-0.3, -0.25) is 4.79 Å².